The average molecular weight is 309 g/mol. The highest BCUT2D eigenvalue weighted by Gasteiger charge is 2.15. The second kappa shape index (κ2) is 7.56. The predicted molar refractivity (Wildman–Crippen MR) is 85.1 cm³/mol. The standard InChI is InChI=1S/C14H16N4O2.ClH/c1-2-11-6-7-13(18(19)20)14(16-11)17-12-5-3-4-10(8-12)9-15;/h3-8H,2,9,15H2,1H3,(H,16,17);1H. The Morgan fingerprint density at radius 2 is 2.10 bits per heavy atom. The van der Waals surface area contributed by atoms with Crippen molar-refractivity contribution in [2.75, 3.05) is 5.32 Å². The molecule has 0 bridgehead atoms. The van der Waals surface area contributed by atoms with Crippen LogP contribution in [0.1, 0.15) is 18.2 Å². The highest BCUT2D eigenvalue weighted by atomic mass is 35.5. The van der Waals surface area contributed by atoms with Gasteiger partial charge < -0.3 is 11.1 Å². The van der Waals surface area contributed by atoms with Gasteiger partial charge in [-0.2, -0.15) is 0 Å². The van der Waals surface area contributed by atoms with Crippen molar-refractivity contribution >= 4 is 29.6 Å². The van der Waals surface area contributed by atoms with Gasteiger partial charge in [0, 0.05) is 24.0 Å². The molecule has 0 spiro atoms. The number of nitrogens with one attached hydrogen (secondary N) is 1. The van der Waals surface area contributed by atoms with E-state index in [0.717, 1.165) is 23.4 Å². The predicted octanol–water partition coefficient (Wildman–Crippen LogP) is 3.18. The maximum Gasteiger partial charge on any atom is 0.311 e. The first-order valence-corrected chi connectivity index (χ1v) is 6.34. The number of rotatable bonds is 5. The highest BCUT2D eigenvalue weighted by Crippen LogP contribution is 2.26. The zero-order valence-electron chi connectivity index (χ0n) is 11.6. The summed E-state index contributed by atoms with van der Waals surface area (Å²) in [6.45, 7) is 2.37. The quantitative estimate of drug-likeness (QED) is 0.653. The van der Waals surface area contributed by atoms with Crippen LogP contribution in [0.25, 0.3) is 0 Å². The van der Waals surface area contributed by atoms with E-state index < -0.39 is 4.92 Å². The zero-order chi connectivity index (χ0) is 14.5. The van der Waals surface area contributed by atoms with Gasteiger partial charge in [-0.3, -0.25) is 10.1 Å². The van der Waals surface area contributed by atoms with E-state index in [0.29, 0.717) is 6.54 Å². The molecule has 2 rings (SSSR count). The molecule has 21 heavy (non-hydrogen) atoms. The van der Waals surface area contributed by atoms with Crippen LogP contribution in [-0.4, -0.2) is 9.91 Å². The van der Waals surface area contributed by atoms with E-state index >= 15 is 0 Å². The molecule has 0 radical (unpaired) electrons. The van der Waals surface area contributed by atoms with Gasteiger partial charge in [0.1, 0.15) is 0 Å². The van der Waals surface area contributed by atoms with Gasteiger partial charge in [0.2, 0.25) is 5.82 Å². The van der Waals surface area contributed by atoms with Crippen molar-refractivity contribution < 1.29 is 4.92 Å². The zero-order valence-corrected chi connectivity index (χ0v) is 12.4. The Morgan fingerprint density at radius 3 is 2.71 bits per heavy atom. The van der Waals surface area contributed by atoms with E-state index in [1.165, 1.54) is 6.07 Å². The van der Waals surface area contributed by atoms with Gasteiger partial charge in [0.15, 0.2) is 0 Å². The third-order valence-electron chi connectivity index (χ3n) is 2.92. The molecular formula is C14H17ClN4O2. The molecule has 1 heterocycles. The van der Waals surface area contributed by atoms with Crippen molar-refractivity contribution in [1.82, 2.24) is 4.98 Å². The second-order valence-electron chi connectivity index (χ2n) is 4.31. The number of nitro groups is 1. The summed E-state index contributed by atoms with van der Waals surface area (Å²) in [6, 6.07) is 10.6. The Labute approximate surface area is 128 Å². The van der Waals surface area contributed by atoms with Crippen molar-refractivity contribution in [3.8, 4) is 0 Å². The molecule has 0 aliphatic carbocycles. The van der Waals surface area contributed by atoms with Gasteiger partial charge in [-0.1, -0.05) is 19.1 Å². The summed E-state index contributed by atoms with van der Waals surface area (Å²) < 4.78 is 0. The summed E-state index contributed by atoms with van der Waals surface area (Å²) in [5.74, 6) is 0.253. The number of anilines is 2. The number of halogens is 1. The normalized spacial score (nSPS) is 9.81. The Morgan fingerprint density at radius 1 is 1.33 bits per heavy atom. The summed E-state index contributed by atoms with van der Waals surface area (Å²) in [6.07, 6.45) is 0.718. The van der Waals surface area contributed by atoms with Gasteiger partial charge in [-0.25, -0.2) is 4.98 Å². The number of hydrogen-bond acceptors (Lipinski definition) is 5. The molecule has 6 nitrogen and oxygen atoms in total. The topological polar surface area (TPSA) is 94.1 Å². The Kier molecular flexibility index (Phi) is 6.08. The third-order valence-corrected chi connectivity index (χ3v) is 2.92. The smallest absolute Gasteiger partial charge is 0.311 e. The minimum absolute atomic E-state index is 0. The molecule has 0 saturated heterocycles. The third kappa shape index (κ3) is 4.14. The summed E-state index contributed by atoms with van der Waals surface area (Å²) in [5, 5.41) is 14.0. The van der Waals surface area contributed by atoms with Crippen LogP contribution in [0.15, 0.2) is 36.4 Å². The van der Waals surface area contributed by atoms with E-state index in [9.17, 15) is 10.1 Å². The van der Waals surface area contributed by atoms with E-state index in [4.69, 9.17) is 5.73 Å². The lowest BCUT2D eigenvalue weighted by molar-refractivity contribution is -0.384. The minimum Gasteiger partial charge on any atom is -0.334 e. The van der Waals surface area contributed by atoms with Crippen LogP contribution in [0.4, 0.5) is 17.2 Å². The summed E-state index contributed by atoms with van der Waals surface area (Å²) in [7, 11) is 0. The van der Waals surface area contributed by atoms with Crippen molar-refractivity contribution in [2.45, 2.75) is 19.9 Å². The van der Waals surface area contributed by atoms with Crippen molar-refractivity contribution in [3.05, 3.63) is 57.8 Å². The Balaban J connectivity index is 0.00000220. The van der Waals surface area contributed by atoms with Gasteiger partial charge in [0.25, 0.3) is 0 Å². The molecule has 7 heteroatoms. The number of hydrogen-bond donors (Lipinski definition) is 2. The number of aryl methyl sites for hydroxylation is 1. The fourth-order valence-electron chi connectivity index (χ4n) is 1.84. The highest BCUT2D eigenvalue weighted by molar-refractivity contribution is 5.85. The molecule has 1 aromatic heterocycles. The lowest BCUT2D eigenvalue weighted by atomic mass is 10.2. The first-order chi connectivity index (χ1) is 9.63. The number of aromatic nitrogens is 1. The maximum absolute atomic E-state index is 11.0. The molecule has 0 atom stereocenters. The van der Waals surface area contributed by atoms with E-state index in [2.05, 4.69) is 10.3 Å². The first-order valence-electron chi connectivity index (χ1n) is 6.34. The molecule has 0 aliphatic rings. The average Bonchev–Trinajstić information content (AvgIpc) is 2.47. The van der Waals surface area contributed by atoms with Gasteiger partial charge in [-0.05, 0) is 30.2 Å². The van der Waals surface area contributed by atoms with Crippen molar-refractivity contribution in [1.29, 1.82) is 0 Å². The fourth-order valence-corrected chi connectivity index (χ4v) is 1.84. The van der Waals surface area contributed by atoms with Crippen LogP contribution in [-0.2, 0) is 13.0 Å². The molecule has 0 unspecified atom stereocenters. The van der Waals surface area contributed by atoms with Crippen LogP contribution < -0.4 is 11.1 Å². The van der Waals surface area contributed by atoms with E-state index in [1.807, 2.05) is 31.2 Å². The second-order valence-corrected chi connectivity index (χ2v) is 4.31. The fraction of sp³-hybridized carbons (Fsp3) is 0.214. The van der Waals surface area contributed by atoms with Crippen LogP contribution >= 0.6 is 12.4 Å². The number of pyridine rings is 1. The van der Waals surface area contributed by atoms with Crippen LogP contribution in [0.3, 0.4) is 0 Å². The summed E-state index contributed by atoms with van der Waals surface area (Å²) >= 11 is 0. The van der Waals surface area contributed by atoms with Gasteiger partial charge in [0.05, 0.1) is 4.92 Å². The SMILES string of the molecule is CCc1ccc([N+](=O)[O-])c(Nc2cccc(CN)c2)n1.Cl. The van der Waals surface area contributed by atoms with E-state index in [-0.39, 0.29) is 23.9 Å². The lowest BCUT2D eigenvalue weighted by Gasteiger charge is -2.08. The number of nitrogens with zero attached hydrogens (tertiary/aromatic N) is 2. The molecular weight excluding hydrogens is 292 g/mol. The molecule has 112 valence electrons. The van der Waals surface area contributed by atoms with Gasteiger partial charge >= 0.3 is 5.69 Å². The monoisotopic (exact) mass is 308 g/mol. The molecule has 0 saturated carbocycles. The van der Waals surface area contributed by atoms with E-state index in [1.54, 1.807) is 6.07 Å². The van der Waals surface area contributed by atoms with Crippen molar-refractivity contribution in [3.63, 3.8) is 0 Å². The maximum atomic E-state index is 11.0. The van der Waals surface area contributed by atoms with Crippen LogP contribution in [0.5, 0.6) is 0 Å². The summed E-state index contributed by atoms with van der Waals surface area (Å²) in [4.78, 5) is 14.9. The Hall–Kier alpha value is -2.18. The van der Waals surface area contributed by atoms with Crippen LogP contribution in [0, 0.1) is 10.1 Å². The lowest BCUT2D eigenvalue weighted by Crippen LogP contribution is -2.03. The largest absolute Gasteiger partial charge is 0.334 e. The van der Waals surface area contributed by atoms with Gasteiger partial charge in [-0.15, -0.1) is 12.4 Å². The molecule has 0 aliphatic heterocycles. The Bertz CT molecular complexity index is 634. The van der Waals surface area contributed by atoms with Crippen LogP contribution in [0.2, 0.25) is 0 Å². The van der Waals surface area contributed by atoms with Crippen molar-refractivity contribution in [2.24, 2.45) is 5.73 Å². The first kappa shape index (κ1) is 16.9. The number of nitrogens with two attached hydrogens (primary N) is 1. The minimum atomic E-state index is -0.443. The molecule has 0 fully saturated rings. The summed E-state index contributed by atoms with van der Waals surface area (Å²) in [5.41, 5.74) is 8.02. The molecule has 3 N–H and O–H groups in total. The number of benzene rings is 1. The molecule has 0 amide bonds. The molecule has 2 aromatic rings. The molecule has 1 aromatic carbocycles.